The standard InChI is InChI=1S/C17H20ClNS/c1-12-6-13(2)8-15(7-12)11-20-17-5-4-14(10-19-3)9-16(17)18/h4-9,19H,10-11H2,1-3H3. The van der Waals surface area contributed by atoms with Gasteiger partial charge in [-0.3, -0.25) is 0 Å². The fraction of sp³-hybridized carbons (Fsp3) is 0.294. The van der Waals surface area contributed by atoms with E-state index < -0.39 is 0 Å². The van der Waals surface area contributed by atoms with Gasteiger partial charge in [0.25, 0.3) is 0 Å². The van der Waals surface area contributed by atoms with Crippen LogP contribution in [0.5, 0.6) is 0 Å². The van der Waals surface area contributed by atoms with Gasteiger partial charge in [-0.05, 0) is 44.2 Å². The van der Waals surface area contributed by atoms with E-state index in [1.165, 1.54) is 22.3 Å². The molecule has 0 amide bonds. The zero-order chi connectivity index (χ0) is 14.5. The lowest BCUT2D eigenvalue weighted by Crippen LogP contribution is -2.04. The average molecular weight is 306 g/mol. The number of thioether (sulfide) groups is 1. The molecule has 2 rings (SSSR count). The molecule has 2 aromatic carbocycles. The van der Waals surface area contributed by atoms with E-state index >= 15 is 0 Å². The van der Waals surface area contributed by atoms with E-state index in [-0.39, 0.29) is 0 Å². The zero-order valence-electron chi connectivity index (χ0n) is 12.2. The van der Waals surface area contributed by atoms with Gasteiger partial charge in [0.05, 0.1) is 5.02 Å². The summed E-state index contributed by atoms with van der Waals surface area (Å²) in [4.78, 5) is 1.14. The van der Waals surface area contributed by atoms with Crippen molar-refractivity contribution in [3.05, 3.63) is 63.7 Å². The van der Waals surface area contributed by atoms with Gasteiger partial charge in [-0.15, -0.1) is 11.8 Å². The van der Waals surface area contributed by atoms with Crippen molar-refractivity contribution in [3.8, 4) is 0 Å². The van der Waals surface area contributed by atoms with Crippen LogP contribution in [0.15, 0.2) is 41.3 Å². The Morgan fingerprint density at radius 1 is 1.00 bits per heavy atom. The highest BCUT2D eigenvalue weighted by Gasteiger charge is 2.04. The fourth-order valence-corrected chi connectivity index (χ4v) is 3.51. The van der Waals surface area contributed by atoms with Crippen LogP contribution in [0.1, 0.15) is 22.3 Å². The minimum absolute atomic E-state index is 0.840. The molecule has 0 unspecified atom stereocenters. The highest BCUT2D eigenvalue weighted by Crippen LogP contribution is 2.31. The van der Waals surface area contributed by atoms with E-state index in [9.17, 15) is 0 Å². The first-order valence-corrected chi connectivity index (χ1v) is 8.08. The van der Waals surface area contributed by atoms with E-state index in [0.29, 0.717) is 0 Å². The molecule has 20 heavy (non-hydrogen) atoms. The third-order valence-electron chi connectivity index (χ3n) is 3.05. The topological polar surface area (TPSA) is 12.0 Å². The maximum atomic E-state index is 6.35. The van der Waals surface area contributed by atoms with Crippen LogP contribution >= 0.6 is 23.4 Å². The lowest BCUT2D eigenvalue weighted by molar-refractivity contribution is 0.817. The Morgan fingerprint density at radius 3 is 2.30 bits per heavy atom. The van der Waals surface area contributed by atoms with E-state index in [4.69, 9.17) is 11.6 Å². The highest BCUT2D eigenvalue weighted by molar-refractivity contribution is 7.98. The molecule has 0 aliphatic carbocycles. The van der Waals surface area contributed by atoms with Gasteiger partial charge in [-0.25, -0.2) is 0 Å². The summed E-state index contributed by atoms with van der Waals surface area (Å²) in [6.07, 6.45) is 0. The quantitative estimate of drug-likeness (QED) is 0.783. The summed E-state index contributed by atoms with van der Waals surface area (Å²) in [6, 6.07) is 13.0. The molecule has 0 spiro atoms. The molecule has 1 nitrogen and oxygen atoms in total. The number of hydrogen-bond donors (Lipinski definition) is 1. The lowest BCUT2D eigenvalue weighted by atomic mass is 10.1. The van der Waals surface area contributed by atoms with Crippen LogP contribution in [0.4, 0.5) is 0 Å². The third kappa shape index (κ3) is 4.27. The zero-order valence-corrected chi connectivity index (χ0v) is 13.7. The Kier molecular flexibility index (Phi) is 5.53. The lowest BCUT2D eigenvalue weighted by Gasteiger charge is -2.08. The maximum Gasteiger partial charge on any atom is 0.0545 e. The van der Waals surface area contributed by atoms with Crippen LogP contribution in [-0.4, -0.2) is 7.05 Å². The summed E-state index contributed by atoms with van der Waals surface area (Å²) < 4.78 is 0. The average Bonchev–Trinajstić information content (AvgIpc) is 2.37. The van der Waals surface area contributed by atoms with Crippen LogP contribution in [-0.2, 0) is 12.3 Å². The van der Waals surface area contributed by atoms with Crippen LogP contribution in [0.2, 0.25) is 5.02 Å². The molecule has 106 valence electrons. The van der Waals surface area contributed by atoms with Crippen LogP contribution in [0.25, 0.3) is 0 Å². The second-order valence-electron chi connectivity index (χ2n) is 5.08. The van der Waals surface area contributed by atoms with Gasteiger partial charge < -0.3 is 5.32 Å². The SMILES string of the molecule is CNCc1ccc(SCc2cc(C)cc(C)c2)c(Cl)c1. The normalized spacial score (nSPS) is 10.8. The molecule has 3 heteroatoms. The smallest absolute Gasteiger partial charge is 0.0545 e. The predicted octanol–water partition coefficient (Wildman–Crippen LogP) is 4.97. The Bertz CT molecular complexity index is 575. The van der Waals surface area contributed by atoms with Crippen LogP contribution in [0.3, 0.4) is 0 Å². The van der Waals surface area contributed by atoms with Crippen LogP contribution in [0, 0.1) is 13.8 Å². The van der Waals surface area contributed by atoms with Crippen molar-refractivity contribution in [3.63, 3.8) is 0 Å². The van der Waals surface area contributed by atoms with Gasteiger partial charge in [0, 0.05) is 17.2 Å². The summed E-state index contributed by atoms with van der Waals surface area (Å²) in [6.45, 7) is 5.13. The number of halogens is 1. The molecule has 0 saturated heterocycles. The Hall–Kier alpha value is -0.960. The summed E-state index contributed by atoms with van der Waals surface area (Å²) in [5.74, 6) is 0.952. The van der Waals surface area contributed by atoms with Crippen molar-refractivity contribution in [1.82, 2.24) is 5.32 Å². The first-order valence-electron chi connectivity index (χ1n) is 6.71. The number of nitrogens with one attached hydrogen (secondary N) is 1. The molecule has 0 fully saturated rings. The van der Waals surface area contributed by atoms with E-state index in [1.807, 2.05) is 13.1 Å². The van der Waals surface area contributed by atoms with Gasteiger partial charge >= 0.3 is 0 Å². The third-order valence-corrected chi connectivity index (χ3v) is 4.62. The molecule has 0 bridgehead atoms. The largest absolute Gasteiger partial charge is 0.316 e. The van der Waals surface area contributed by atoms with E-state index in [2.05, 4.69) is 49.5 Å². The Morgan fingerprint density at radius 2 is 1.70 bits per heavy atom. The Labute approximate surface area is 130 Å². The fourth-order valence-electron chi connectivity index (χ4n) is 2.29. The molecule has 0 aliphatic heterocycles. The summed E-state index contributed by atoms with van der Waals surface area (Å²) >= 11 is 8.14. The number of hydrogen-bond acceptors (Lipinski definition) is 2. The molecular formula is C17H20ClNS. The number of benzene rings is 2. The summed E-state index contributed by atoms with van der Waals surface area (Å²) in [7, 11) is 1.94. The summed E-state index contributed by atoms with van der Waals surface area (Å²) in [5, 5.41) is 3.98. The molecule has 0 atom stereocenters. The minimum atomic E-state index is 0.840. The molecule has 0 heterocycles. The van der Waals surface area contributed by atoms with E-state index in [0.717, 1.165) is 22.2 Å². The van der Waals surface area contributed by atoms with Crippen molar-refractivity contribution >= 4 is 23.4 Å². The van der Waals surface area contributed by atoms with Crippen molar-refractivity contribution in [2.45, 2.75) is 31.0 Å². The van der Waals surface area contributed by atoms with E-state index in [1.54, 1.807) is 11.8 Å². The highest BCUT2D eigenvalue weighted by atomic mass is 35.5. The summed E-state index contributed by atoms with van der Waals surface area (Å²) in [5.41, 5.74) is 5.20. The second-order valence-corrected chi connectivity index (χ2v) is 6.50. The van der Waals surface area contributed by atoms with Gasteiger partial charge in [0.1, 0.15) is 0 Å². The molecule has 0 radical (unpaired) electrons. The number of aryl methyl sites for hydroxylation is 2. The Balaban J connectivity index is 2.06. The first kappa shape index (κ1) is 15.4. The molecule has 0 saturated carbocycles. The van der Waals surface area contributed by atoms with Gasteiger partial charge in [0.15, 0.2) is 0 Å². The molecule has 2 aromatic rings. The molecular weight excluding hydrogens is 286 g/mol. The maximum absolute atomic E-state index is 6.35. The second kappa shape index (κ2) is 7.16. The van der Waals surface area contributed by atoms with Gasteiger partial charge in [-0.1, -0.05) is 47.0 Å². The number of rotatable bonds is 5. The minimum Gasteiger partial charge on any atom is -0.316 e. The molecule has 0 aromatic heterocycles. The molecule has 0 aliphatic rings. The van der Waals surface area contributed by atoms with Gasteiger partial charge in [-0.2, -0.15) is 0 Å². The van der Waals surface area contributed by atoms with Crippen molar-refractivity contribution in [2.75, 3.05) is 7.05 Å². The van der Waals surface area contributed by atoms with Crippen molar-refractivity contribution in [2.24, 2.45) is 0 Å². The van der Waals surface area contributed by atoms with Gasteiger partial charge in [0.2, 0.25) is 0 Å². The molecule has 1 N–H and O–H groups in total. The van der Waals surface area contributed by atoms with Crippen molar-refractivity contribution in [1.29, 1.82) is 0 Å². The monoisotopic (exact) mass is 305 g/mol. The predicted molar refractivity (Wildman–Crippen MR) is 89.7 cm³/mol. The first-order chi connectivity index (χ1) is 9.58. The van der Waals surface area contributed by atoms with Crippen LogP contribution < -0.4 is 5.32 Å². The van der Waals surface area contributed by atoms with Crippen molar-refractivity contribution < 1.29 is 0 Å².